The van der Waals surface area contributed by atoms with E-state index in [1.54, 1.807) is 0 Å². The average molecular weight is 421 g/mol. The summed E-state index contributed by atoms with van der Waals surface area (Å²) in [6.07, 6.45) is -2.17. The summed E-state index contributed by atoms with van der Waals surface area (Å²) >= 11 is 1.42. The molecule has 1 aliphatic heterocycles. The van der Waals surface area contributed by atoms with E-state index in [1.165, 1.54) is 30.1 Å². The van der Waals surface area contributed by atoms with E-state index in [2.05, 4.69) is 29.7 Å². The summed E-state index contributed by atoms with van der Waals surface area (Å²) < 4.78 is 44.9. The van der Waals surface area contributed by atoms with Gasteiger partial charge in [-0.05, 0) is 43.2 Å². The van der Waals surface area contributed by atoms with Gasteiger partial charge in [0.25, 0.3) is 0 Å². The molecule has 2 aliphatic carbocycles. The fourth-order valence-electron chi connectivity index (χ4n) is 5.56. The van der Waals surface area contributed by atoms with E-state index in [4.69, 9.17) is 0 Å². The highest BCUT2D eigenvalue weighted by Gasteiger charge is 2.70. The van der Waals surface area contributed by atoms with Crippen molar-refractivity contribution in [2.45, 2.75) is 32.0 Å². The SMILES string of the molecule is Cc1nsc(N2C[C@@H]3C(Nc4nc5cccc(C(F)(F)F)n5n4)[C@H]4CCC43C2)n1. The van der Waals surface area contributed by atoms with Gasteiger partial charge in [-0.2, -0.15) is 22.5 Å². The Morgan fingerprint density at radius 2 is 2.10 bits per heavy atom. The van der Waals surface area contributed by atoms with Crippen LogP contribution in [0.5, 0.6) is 0 Å². The van der Waals surface area contributed by atoms with Crippen LogP contribution in [0.25, 0.3) is 5.65 Å². The fourth-order valence-corrected chi connectivity index (χ4v) is 6.24. The number of rotatable bonds is 3. The Bertz CT molecular complexity index is 1110. The molecule has 2 saturated carbocycles. The molecule has 0 bridgehead atoms. The van der Waals surface area contributed by atoms with Crippen molar-refractivity contribution in [1.82, 2.24) is 24.0 Å². The zero-order valence-electron chi connectivity index (χ0n) is 15.5. The van der Waals surface area contributed by atoms with Crippen LogP contribution >= 0.6 is 11.5 Å². The minimum absolute atomic E-state index is 0.175. The lowest BCUT2D eigenvalue weighted by Gasteiger charge is -2.65. The first-order valence-electron chi connectivity index (χ1n) is 9.60. The van der Waals surface area contributed by atoms with E-state index in [0.29, 0.717) is 11.8 Å². The molecule has 4 atom stereocenters. The number of fused-ring (bicyclic) bond motifs is 1. The molecule has 29 heavy (non-hydrogen) atoms. The minimum atomic E-state index is -4.48. The van der Waals surface area contributed by atoms with Crippen LogP contribution in [0.15, 0.2) is 18.2 Å². The van der Waals surface area contributed by atoms with Gasteiger partial charge in [-0.15, -0.1) is 5.10 Å². The summed E-state index contributed by atoms with van der Waals surface area (Å²) in [5.74, 6) is 1.97. The second kappa shape index (κ2) is 5.59. The van der Waals surface area contributed by atoms with Crippen LogP contribution in [0.2, 0.25) is 0 Å². The van der Waals surface area contributed by atoms with Gasteiger partial charge in [0.15, 0.2) is 5.65 Å². The van der Waals surface area contributed by atoms with Crippen LogP contribution < -0.4 is 10.2 Å². The Morgan fingerprint density at radius 3 is 2.79 bits per heavy atom. The smallest absolute Gasteiger partial charge is 0.350 e. The van der Waals surface area contributed by atoms with Crippen LogP contribution in [-0.2, 0) is 6.18 Å². The van der Waals surface area contributed by atoms with E-state index < -0.39 is 11.9 Å². The molecule has 1 spiro atoms. The third kappa shape index (κ3) is 2.36. The van der Waals surface area contributed by atoms with E-state index in [9.17, 15) is 13.2 Å². The molecule has 4 heterocycles. The maximum atomic E-state index is 13.2. The third-order valence-corrected chi connectivity index (χ3v) is 7.77. The highest BCUT2D eigenvalue weighted by atomic mass is 32.1. The first kappa shape index (κ1) is 17.4. The number of anilines is 2. The minimum Gasteiger partial charge on any atom is -0.350 e. The van der Waals surface area contributed by atoms with Gasteiger partial charge >= 0.3 is 6.18 Å². The highest BCUT2D eigenvalue weighted by Crippen LogP contribution is 2.68. The molecule has 152 valence electrons. The zero-order valence-corrected chi connectivity index (χ0v) is 16.3. The third-order valence-electron chi connectivity index (χ3n) is 6.90. The van der Waals surface area contributed by atoms with Gasteiger partial charge in [-0.1, -0.05) is 6.07 Å². The average Bonchev–Trinajstić information content (AvgIpc) is 3.34. The summed E-state index contributed by atoms with van der Waals surface area (Å²) in [6, 6.07) is 4.09. The number of aromatic nitrogens is 5. The largest absolute Gasteiger partial charge is 0.433 e. The molecule has 3 fully saturated rings. The lowest BCUT2D eigenvalue weighted by Crippen LogP contribution is -2.68. The number of hydrogen-bond donors (Lipinski definition) is 1. The van der Waals surface area contributed by atoms with Gasteiger partial charge in [0, 0.05) is 36.6 Å². The molecule has 0 radical (unpaired) electrons. The number of aryl methyl sites for hydroxylation is 1. The van der Waals surface area contributed by atoms with Gasteiger partial charge in [-0.25, -0.2) is 9.50 Å². The Morgan fingerprint density at radius 1 is 1.24 bits per heavy atom. The van der Waals surface area contributed by atoms with Crippen molar-refractivity contribution >= 4 is 28.3 Å². The van der Waals surface area contributed by atoms with E-state index in [-0.39, 0.29) is 23.1 Å². The molecule has 11 heteroatoms. The molecular formula is C18H18F3N7S. The first-order chi connectivity index (χ1) is 13.8. The van der Waals surface area contributed by atoms with Crippen molar-refractivity contribution < 1.29 is 13.2 Å². The molecule has 3 aromatic heterocycles. The summed E-state index contributed by atoms with van der Waals surface area (Å²) in [5.41, 5.74) is -0.340. The van der Waals surface area contributed by atoms with Crippen molar-refractivity contribution in [1.29, 1.82) is 0 Å². The molecule has 3 aromatic rings. The van der Waals surface area contributed by atoms with Gasteiger partial charge in [0.1, 0.15) is 11.5 Å². The van der Waals surface area contributed by atoms with Crippen molar-refractivity contribution in [2.24, 2.45) is 17.3 Å². The summed E-state index contributed by atoms with van der Waals surface area (Å²) in [7, 11) is 0. The predicted octanol–water partition coefficient (Wildman–Crippen LogP) is 3.23. The summed E-state index contributed by atoms with van der Waals surface area (Å²) in [4.78, 5) is 11.1. The topological polar surface area (TPSA) is 71.2 Å². The molecular weight excluding hydrogens is 403 g/mol. The number of nitrogens with one attached hydrogen (secondary N) is 1. The molecule has 6 rings (SSSR count). The Labute approximate surface area is 168 Å². The molecule has 1 saturated heterocycles. The number of hydrogen-bond acceptors (Lipinski definition) is 7. The van der Waals surface area contributed by atoms with Crippen LogP contribution in [0.3, 0.4) is 0 Å². The number of halogens is 3. The fraction of sp³-hybridized carbons (Fsp3) is 0.556. The van der Waals surface area contributed by atoms with E-state index in [1.807, 2.05) is 6.92 Å². The Balaban J connectivity index is 1.26. The number of nitrogens with zero attached hydrogens (tertiary/aromatic N) is 6. The standard InChI is InChI=1S/C18H18F3N7S/c1-9-22-16(29-26-9)27-7-11-14(10-5-6-17(10,11)8-27)24-15-23-13-4-2-3-12(18(19,20)21)28(13)25-15/h2-4,10-11,14H,5-8H2,1H3,(H,24,25)/t10-,11-,14?,17?/m1/s1. The zero-order chi connectivity index (χ0) is 20.0. The van der Waals surface area contributed by atoms with Gasteiger partial charge in [-0.3, -0.25) is 0 Å². The van der Waals surface area contributed by atoms with Crippen LogP contribution in [-0.4, -0.2) is 43.1 Å². The molecule has 3 aliphatic rings. The van der Waals surface area contributed by atoms with E-state index in [0.717, 1.165) is 41.0 Å². The van der Waals surface area contributed by atoms with Crippen molar-refractivity contribution in [2.75, 3.05) is 23.3 Å². The molecule has 7 nitrogen and oxygen atoms in total. The maximum absolute atomic E-state index is 13.2. The van der Waals surface area contributed by atoms with E-state index >= 15 is 0 Å². The molecule has 1 N–H and O–H groups in total. The second-order valence-electron chi connectivity index (χ2n) is 8.27. The van der Waals surface area contributed by atoms with Crippen molar-refractivity contribution in [3.63, 3.8) is 0 Å². The molecule has 0 amide bonds. The van der Waals surface area contributed by atoms with Crippen LogP contribution in [0.4, 0.5) is 24.3 Å². The lowest BCUT2D eigenvalue weighted by molar-refractivity contribution is -0.142. The van der Waals surface area contributed by atoms with Gasteiger partial charge in [0.05, 0.1) is 0 Å². The lowest BCUT2D eigenvalue weighted by atomic mass is 9.41. The van der Waals surface area contributed by atoms with Gasteiger partial charge < -0.3 is 10.2 Å². The molecule has 2 unspecified atom stereocenters. The summed E-state index contributed by atoms with van der Waals surface area (Å²) in [6.45, 7) is 3.75. The van der Waals surface area contributed by atoms with Crippen molar-refractivity contribution in [3.8, 4) is 0 Å². The van der Waals surface area contributed by atoms with Gasteiger partial charge in [0.2, 0.25) is 11.1 Å². The Kier molecular flexibility index (Phi) is 3.36. The van der Waals surface area contributed by atoms with Crippen molar-refractivity contribution in [3.05, 3.63) is 29.7 Å². The normalized spacial score (nSPS) is 30.6. The number of alkyl halides is 3. The van der Waals surface area contributed by atoms with Crippen LogP contribution in [0, 0.1) is 24.2 Å². The predicted molar refractivity (Wildman–Crippen MR) is 101 cm³/mol. The number of pyridine rings is 1. The first-order valence-corrected chi connectivity index (χ1v) is 10.4. The second-order valence-corrected chi connectivity index (χ2v) is 9.00. The quantitative estimate of drug-likeness (QED) is 0.700. The van der Waals surface area contributed by atoms with Crippen LogP contribution in [0.1, 0.15) is 24.4 Å². The maximum Gasteiger partial charge on any atom is 0.433 e. The Hall–Kier alpha value is -2.43. The summed E-state index contributed by atoms with van der Waals surface area (Å²) in [5, 5.41) is 8.42. The monoisotopic (exact) mass is 421 g/mol. The molecule has 0 aromatic carbocycles. The highest BCUT2D eigenvalue weighted by molar-refractivity contribution is 7.09.